The van der Waals surface area contributed by atoms with Crippen LogP contribution in [0.15, 0.2) is 34.7 Å². The summed E-state index contributed by atoms with van der Waals surface area (Å²) in [5.74, 6) is 2.06. The number of aryl methyl sites for hydroxylation is 3. The first-order chi connectivity index (χ1) is 9.65. The van der Waals surface area contributed by atoms with E-state index in [4.69, 9.17) is 4.42 Å². The van der Waals surface area contributed by atoms with Crippen molar-refractivity contribution in [2.45, 2.75) is 46.6 Å². The van der Waals surface area contributed by atoms with Crippen LogP contribution in [0.3, 0.4) is 0 Å². The molecule has 0 amide bonds. The highest BCUT2D eigenvalue weighted by Gasteiger charge is 2.17. The van der Waals surface area contributed by atoms with Crippen molar-refractivity contribution in [2.75, 3.05) is 6.54 Å². The first-order valence-corrected chi connectivity index (χ1v) is 7.54. The maximum absolute atomic E-state index is 5.95. The Labute approximate surface area is 122 Å². The van der Waals surface area contributed by atoms with Gasteiger partial charge in [-0.3, -0.25) is 0 Å². The van der Waals surface area contributed by atoms with Crippen molar-refractivity contribution < 1.29 is 4.42 Å². The molecule has 2 rings (SSSR count). The van der Waals surface area contributed by atoms with Gasteiger partial charge in [-0.15, -0.1) is 0 Å². The summed E-state index contributed by atoms with van der Waals surface area (Å²) in [5, 5.41) is 3.59. The Balaban J connectivity index is 2.32. The molecule has 0 aliphatic heterocycles. The van der Waals surface area contributed by atoms with Crippen LogP contribution in [0.25, 0.3) is 0 Å². The molecule has 20 heavy (non-hydrogen) atoms. The van der Waals surface area contributed by atoms with E-state index in [1.807, 2.05) is 0 Å². The van der Waals surface area contributed by atoms with Gasteiger partial charge in [-0.1, -0.05) is 32.0 Å². The standard InChI is InChI=1S/C18H25NO/c1-5-11-19-18(17-10-9-16(6-2)20-17)15-8-7-13(3)14(4)12-15/h7-10,12,18-19H,5-6,11H2,1-4H3. The van der Waals surface area contributed by atoms with E-state index in [9.17, 15) is 0 Å². The van der Waals surface area contributed by atoms with Crippen molar-refractivity contribution in [1.29, 1.82) is 0 Å². The fourth-order valence-corrected chi connectivity index (χ4v) is 2.36. The van der Waals surface area contributed by atoms with Gasteiger partial charge in [-0.25, -0.2) is 0 Å². The number of hydrogen-bond acceptors (Lipinski definition) is 2. The lowest BCUT2D eigenvalue weighted by Gasteiger charge is -2.18. The summed E-state index contributed by atoms with van der Waals surface area (Å²) in [6.07, 6.45) is 2.05. The molecule has 0 spiro atoms. The molecule has 1 heterocycles. The van der Waals surface area contributed by atoms with E-state index in [0.29, 0.717) is 0 Å². The summed E-state index contributed by atoms with van der Waals surface area (Å²) >= 11 is 0. The molecule has 0 fully saturated rings. The Bertz CT molecular complexity index is 556. The fraction of sp³-hybridized carbons (Fsp3) is 0.444. The fourth-order valence-electron chi connectivity index (χ4n) is 2.36. The van der Waals surface area contributed by atoms with Crippen LogP contribution in [0.4, 0.5) is 0 Å². The molecule has 1 N–H and O–H groups in total. The molecule has 108 valence electrons. The largest absolute Gasteiger partial charge is 0.464 e. The number of hydrogen-bond donors (Lipinski definition) is 1. The third-order valence-corrected chi connectivity index (χ3v) is 3.78. The maximum Gasteiger partial charge on any atom is 0.125 e. The Morgan fingerprint density at radius 3 is 2.45 bits per heavy atom. The Kier molecular flexibility index (Phi) is 5.02. The highest BCUT2D eigenvalue weighted by Crippen LogP contribution is 2.26. The molecule has 2 aromatic rings. The topological polar surface area (TPSA) is 25.2 Å². The van der Waals surface area contributed by atoms with Gasteiger partial charge >= 0.3 is 0 Å². The minimum atomic E-state index is 0.148. The van der Waals surface area contributed by atoms with Gasteiger partial charge < -0.3 is 9.73 Å². The van der Waals surface area contributed by atoms with Crippen molar-refractivity contribution in [3.8, 4) is 0 Å². The van der Waals surface area contributed by atoms with E-state index in [1.54, 1.807) is 0 Å². The molecule has 0 saturated carbocycles. The number of nitrogens with one attached hydrogen (secondary N) is 1. The summed E-state index contributed by atoms with van der Waals surface area (Å²) in [6, 6.07) is 11.0. The normalized spacial score (nSPS) is 12.6. The van der Waals surface area contributed by atoms with Gasteiger partial charge in [-0.2, -0.15) is 0 Å². The molecule has 2 heteroatoms. The lowest BCUT2D eigenvalue weighted by atomic mass is 9.99. The lowest BCUT2D eigenvalue weighted by molar-refractivity contribution is 0.422. The van der Waals surface area contributed by atoms with Crippen LogP contribution in [0.5, 0.6) is 0 Å². The third-order valence-electron chi connectivity index (χ3n) is 3.78. The van der Waals surface area contributed by atoms with Crippen LogP contribution < -0.4 is 5.32 Å². The van der Waals surface area contributed by atoms with Gasteiger partial charge in [-0.05, 0) is 55.6 Å². The first-order valence-electron chi connectivity index (χ1n) is 7.54. The summed E-state index contributed by atoms with van der Waals surface area (Å²) < 4.78 is 5.95. The Morgan fingerprint density at radius 1 is 1.05 bits per heavy atom. The van der Waals surface area contributed by atoms with Gasteiger partial charge in [0.25, 0.3) is 0 Å². The molecule has 0 aliphatic rings. The van der Waals surface area contributed by atoms with Crippen LogP contribution in [-0.2, 0) is 6.42 Å². The smallest absolute Gasteiger partial charge is 0.125 e. The molecule has 0 saturated heterocycles. The highest BCUT2D eigenvalue weighted by molar-refractivity contribution is 5.35. The zero-order chi connectivity index (χ0) is 14.5. The van der Waals surface area contributed by atoms with Crippen LogP contribution in [0.1, 0.15) is 54.5 Å². The predicted octanol–water partition coefficient (Wildman–Crippen LogP) is 4.55. The van der Waals surface area contributed by atoms with Crippen molar-refractivity contribution in [2.24, 2.45) is 0 Å². The molecule has 0 aliphatic carbocycles. The SMILES string of the molecule is CCCNC(c1ccc(C)c(C)c1)c1ccc(CC)o1. The molecule has 1 atom stereocenters. The number of furan rings is 1. The van der Waals surface area contributed by atoms with Crippen LogP contribution in [0, 0.1) is 13.8 Å². The minimum absolute atomic E-state index is 0.148. The molecule has 1 aromatic heterocycles. The van der Waals surface area contributed by atoms with Crippen molar-refractivity contribution in [3.05, 3.63) is 58.5 Å². The van der Waals surface area contributed by atoms with Gasteiger partial charge in [0, 0.05) is 6.42 Å². The van der Waals surface area contributed by atoms with Crippen LogP contribution in [0.2, 0.25) is 0 Å². The molecule has 2 nitrogen and oxygen atoms in total. The lowest BCUT2D eigenvalue weighted by Crippen LogP contribution is -2.22. The average molecular weight is 271 g/mol. The molecule has 0 bridgehead atoms. The summed E-state index contributed by atoms with van der Waals surface area (Å²) in [7, 11) is 0. The third kappa shape index (κ3) is 3.31. The average Bonchev–Trinajstić information content (AvgIpc) is 2.92. The summed E-state index contributed by atoms with van der Waals surface area (Å²) in [6.45, 7) is 9.60. The van der Waals surface area contributed by atoms with E-state index in [0.717, 1.165) is 30.9 Å². The predicted molar refractivity (Wildman–Crippen MR) is 84.1 cm³/mol. The highest BCUT2D eigenvalue weighted by atomic mass is 16.3. The van der Waals surface area contributed by atoms with E-state index in [-0.39, 0.29) is 6.04 Å². The van der Waals surface area contributed by atoms with Crippen LogP contribution >= 0.6 is 0 Å². The second-order valence-corrected chi connectivity index (χ2v) is 5.39. The van der Waals surface area contributed by atoms with Gasteiger partial charge in [0.15, 0.2) is 0 Å². The van der Waals surface area contributed by atoms with Gasteiger partial charge in [0.05, 0.1) is 6.04 Å². The maximum atomic E-state index is 5.95. The Hall–Kier alpha value is -1.54. The Morgan fingerprint density at radius 2 is 1.85 bits per heavy atom. The van der Waals surface area contributed by atoms with E-state index >= 15 is 0 Å². The molecule has 1 aromatic carbocycles. The number of benzene rings is 1. The van der Waals surface area contributed by atoms with E-state index in [1.165, 1.54) is 16.7 Å². The first kappa shape index (κ1) is 14.9. The monoisotopic (exact) mass is 271 g/mol. The molecule has 0 radical (unpaired) electrons. The second-order valence-electron chi connectivity index (χ2n) is 5.39. The molecular formula is C18H25NO. The van der Waals surface area contributed by atoms with Crippen molar-refractivity contribution >= 4 is 0 Å². The van der Waals surface area contributed by atoms with Gasteiger partial charge in [0.2, 0.25) is 0 Å². The minimum Gasteiger partial charge on any atom is -0.464 e. The van der Waals surface area contributed by atoms with E-state index in [2.05, 4.69) is 63.3 Å². The second kappa shape index (κ2) is 6.76. The zero-order valence-electron chi connectivity index (χ0n) is 13.0. The molecule has 1 unspecified atom stereocenters. The zero-order valence-corrected chi connectivity index (χ0v) is 13.0. The van der Waals surface area contributed by atoms with E-state index < -0.39 is 0 Å². The molecular weight excluding hydrogens is 246 g/mol. The van der Waals surface area contributed by atoms with Gasteiger partial charge in [0.1, 0.15) is 11.5 Å². The van der Waals surface area contributed by atoms with Crippen molar-refractivity contribution in [3.63, 3.8) is 0 Å². The summed E-state index contributed by atoms with van der Waals surface area (Å²) in [4.78, 5) is 0. The van der Waals surface area contributed by atoms with Crippen molar-refractivity contribution in [1.82, 2.24) is 5.32 Å². The summed E-state index contributed by atoms with van der Waals surface area (Å²) in [5.41, 5.74) is 3.93. The van der Waals surface area contributed by atoms with Crippen LogP contribution in [-0.4, -0.2) is 6.54 Å². The number of rotatable bonds is 6. The quantitative estimate of drug-likeness (QED) is 0.834.